The molecule has 0 unspecified atom stereocenters. The van der Waals surface area contributed by atoms with Crippen molar-refractivity contribution in [1.29, 1.82) is 0 Å². The van der Waals surface area contributed by atoms with Gasteiger partial charge in [-0.3, -0.25) is 0 Å². The molecule has 0 aromatic rings. The predicted molar refractivity (Wildman–Crippen MR) is 77.9 cm³/mol. The van der Waals surface area contributed by atoms with Crippen LogP contribution in [0.5, 0.6) is 0 Å². The highest BCUT2D eigenvalue weighted by molar-refractivity contribution is 5.86. The van der Waals surface area contributed by atoms with Gasteiger partial charge in [0.1, 0.15) is 11.9 Å². The maximum Gasteiger partial charge on any atom is 0.432 e. The Morgan fingerprint density at radius 3 is 2.43 bits per heavy atom. The zero-order valence-corrected chi connectivity index (χ0v) is 12.8. The number of rotatable bonds is 3. The molecule has 0 saturated carbocycles. The smallest absolute Gasteiger partial charge is 0.432 e. The van der Waals surface area contributed by atoms with E-state index in [4.69, 9.17) is 15.6 Å². The number of carbonyl (C=O) groups is 2. The fraction of sp³-hybridized carbons (Fsp3) is 0.769. The Balaban J connectivity index is 2.78. The van der Waals surface area contributed by atoms with Gasteiger partial charge in [0.25, 0.3) is 0 Å². The topological polar surface area (TPSA) is 108 Å². The van der Waals surface area contributed by atoms with Gasteiger partial charge < -0.3 is 15.6 Å². The van der Waals surface area contributed by atoms with E-state index in [9.17, 15) is 9.59 Å². The number of amides is 2. The number of hydrazine groups is 1. The third kappa shape index (κ3) is 6.09. The lowest BCUT2D eigenvalue weighted by Crippen LogP contribution is -2.51. The summed E-state index contributed by atoms with van der Waals surface area (Å²) in [6.07, 6.45) is 0.672. The van der Waals surface area contributed by atoms with E-state index in [0.29, 0.717) is 25.6 Å². The number of piperidine rings is 1. The summed E-state index contributed by atoms with van der Waals surface area (Å²) in [7, 11) is 0. The highest BCUT2D eigenvalue weighted by atomic mass is 16.6. The molecule has 2 amide bonds. The molecule has 0 radical (unpaired) electrons. The number of hydrogen-bond acceptors (Lipinski definition) is 5. The molecule has 0 aromatic carbocycles. The summed E-state index contributed by atoms with van der Waals surface area (Å²) >= 11 is 0. The van der Waals surface area contributed by atoms with Crippen LogP contribution >= 0.6 is 0 Å². The minimum atomic E-state index is -1.36. The molecule has 0 spiro atoms. The third-order valence-corrected chi connectivity index (χ3v) is 3.09. The van der Waals surface area contributed by atoms with Crippen LogP contribution in [-0.4, -0.2) is 58.9 Å². The second-order valence-corrected chi connectivity index (χ2v) is 5.98. The summed E-state index contributed by atoms with van der Waals surface area (Å²) in [4.78, 5) is 26.0. The van der Waals surface area contributed by atoms with Gasteiger partial charge in [0.05, 0.1) is 0 Å². The third-order valence-electron chi connectivity index (χ3n) is 3.09. The first-order valence-electron chi connectivity index (χ1n) is 6.97. The molecule has 1 aliphatic rings. The summed E-state index contributed by atoms with van der Waals surface area (Å²) in [6, 6.07) is 0. The molecule has 21 heavy (non-hydrogen) atoms. The molecular formula is C13H24N4O4. The fourth-order valence-corrected chi connectivity index (χ4v) is 2.02. The van der Waals surface area contributed by atoms with Gasteiger partial charge in [0, 0.05) is 13.1 Å². The molecule has 1 fully saturated rings. The van der Waals surface area contributed by atoms with Crippen LogP contribution in [0.25, 0.3) is 0 Å². The Morgan fingerprint density at radius 2 is 2.00 bits per heavy atom. The van der Waals surface area contributed by atoms with Gasteiger partial charge in [-0.2, -0.15) is 10.0 Å². The average Bonchev–Trinajstić information content (AvgIpc) is 2.37. The number of ether oxygens (including phenoxy) is 1. The number of carboxylic acid groups (broad SMARTS) is 1. The van der Waals surface area contributed by atoms with Crippen LogP contribution in [0, 0.1) is 5.92 Å². The van der Waals surface area contributed by atoms with E-state index in [1.165, 1.54) is 0 Å². The van der Waals surface area contributed by atoms with E-state index in [0.717, 1.165) is 24.2 Å². The second kappa shape index (κ2) is 7.37. The van der Waals surface area contributed by atoms with E-state index in [1.54, 1.807) is 25.8 Å². The molecule has 0 aliphatic carbocycles. The Morgan fingerprint density at radius 1 is 1.43 bits per heavy atom. The van der Waals surface area contributed by atoms with Gasteiger partial charge in [-0.1, -0.05) is 0 Å². The lowest BCUT2D eigenvalue weighted by molar-refractivity contribution is -0.0250. The molecule has 0 aromatic heterocycles. The van der Waals surface area contributed by atoms with Gasteiger partial charge in [-0.25, -0.2) is 14.6 Å². The zero-order valence-electron chi connectivity index (χ0n) is 12.8. The van der Waals surface area contributed by atoms with Crippen LogP contribution in [0.2, 0.25) is 0 Å². The van der Waals surface area contributed by atoms with E-state index >= 15 is 0 Å². The van der Waals surface area contributed by atoms with Crippen molar-refractivity contribution in [2.75, 3.05) is 19.6 Å². The first-order chi connectivity index (χ1) is 9.73. The minimum absolute atomic E-state index is 0.429. The summed E-state index contributed by atoms with van der Waals surface area (Å²) in [5.41, 5.74) is 4.97. The van der Waals surface area contributed by atoms with Crippen LogP contribution in [-0.2, 0) is 4.74 Å². The van der Waals surface area contributed by atoms with Gasteiger partial charge in [0.2, 0.25) is 0 Å². The molecule has 1 saturated heterocycles. The summed E-state index contributed by atoms with van der Waals surface area (Å²) in [5.74, 6) is 0.429. The molecule has 0 atom stereocenters. The van der Waals surface area contributed by atoms with Gasteiger partial charge in [-0.05, 0) is 46.1 Å². The quantitative estimate of drug-likeness (QED) is 0.604. The molecule has 8 heteroatoms. The van der Waals surface area contributed by atoms with Crippen LogP contribution in [0.3, 0.4) is 0 Å². The number of carbonyl (C=O) groups excluding carboxylic acids is 1. The van der Waals surface area contributed by atoms with Crippen molar-refractivity contribution in [3.8, 4) is 0 Å². The maximum atomic E-state index is 12.2. The van der Waals surface area contributed by atoms with Crippen molar-refractivity contribution in [2.45, 2.75) is 39.2 Å². The lowest BCUT2D eigenvalue weighted by atomic mass is 9.98. The first kappa shape index (κ1) is 17.4. The highest BCUT2D eigenvalue weighted by Gasteiger charge is 2.29. The molecule has 3 N–H and O–H groups in total. The van der Waals surface area contributed by atoms with Crippen LogP contribution < -0.4 is 5.73 Å². The van der Waals surface area contributed by atoms with E-state index in [2.05, 4.69) is 4.99 Å². The Kier molecular flexibility index (Phi) is 6.10. The number of hydrogen-bond donors (Lipinski definition) is 2. The largest absolute Gasteiger partial charge is 0.463 e. The molecule has 1 rings (SSSR count). The molecule has 1 aliphatic heterocycles. The van der Waals surface area contributed by atoms with Crippen molar-refractivity contribution < 1.29 is 19.4 Å². The Hall–Kier alpha value is -1.67. The van der Waals surface area contributed by atoms with Crippen LogP contribution in [0.4, 0.5) is 9.59 Å². The summed E-state index contributed by atoms with van der Waals surface area (Å²) in [5, 5.41) is 11.5. The van der Waals surface area contributed by atoms with Crippen molar-refractivity contribution in [3.63, 3.8) is 0 Å². The van der Waals surface area contributed by atoms with E-state index < -0.39 is 17.8 Å². The average molecular weight is 300 g/mol. The van der Waals surface area contributed by atoms with Crippen LogP contribution in [0.15, 0.2) is 4.99 Å². The van der Waals surface area contributed by atoms with E-state index in [1.807, 2.05) is 0 Å². The van der Waals surface area contributed by atoms with Crippen molar-refractivity contribution in [3.05, 3.63) is 0 Å². The van der Waals surface area contributed by atoms with Crippen molar-refractivity contribution >= 4 is 18.5 Å². The highest BCUT2D eigenvalue weighted by Crippen LogP contribution is 2.18. The monoisotopic (exact) mass is 300 g/mol. The van der Waals surface area contributed by atoms with Gasteiger partial charge in [-0.15, -0.1) is 0 Å². The molecular weight excluding hydrogens is 276 g/mol. The fourth-order valence-electron chi connectivity index (χ4n) is 2.02. The van der Waals surface area contributed by atoms with Crippen LogP contribution in [0.1, 0.15) is 33.6 Å². The van der Waals surface area contributed by atoms with Crippen molar-refractivity contribution in [1.82, 2.24) is 10.0 Å². The molecule has 1 heterocycles. The Bertz CT molecular complexity index is 397. The summed E-state index contributed by atoms with van der Waals surface area (Å²) < 4.78 is 5.27. The van der Waals surface area contributed by atoms with E-state index in [-0.39, 0.29) is 0 Å². The summed E-state index contributed by atoms with van der Waals surface area (Å²) in [6.45, 7) is 7.07. The van der Waals surface area contributed by atoms with Crippen molar-refractivity contribution in [2.24, 2.45) is 16.6 Å². The normalized spacial score (nSPS) is 17.9. The van der Waals surface area contributed by atoms with Gasteiger partial charge >= 0.3 is 12.2 Å². The van der Waals surface area contributed by atoms with Gasteiger partial charge in [0.15, 0.2) is 0 Å². The minimum Gasteiger partial charge on any atom is -0.463 e. The maximum absolute atomic E-state index is 12.2. The molecule has 8 nitrogen and oxygen atoms in total. The number of nitrogens with zero attached hydrogens (tertiary/aromatic N) is 3. The standard InChI is InChI=1S/C13H24N4O4/c1-13(2,3)21-12(20)17(9-15-11(18)19)16-6-4-10(8-14)5-7-16/h9-10H,4-8,14H2,1-3H3,(H,18,19). The Labute approximate surface area is 124 Å². The molecule has 120 valence electrons. The zero-order chi connectivity index (χ0) is 16.0. The lowest BCUT2D eigenvalue weighted by Gasteiger charge is -2.37. The SMILES string of the molecule is CC(C)(C)OC(=O)N(C=NC(=O)O)N1CCC(CN)CC1. The molecule has 0 bridgehead atoms. The predicted octanol–water partition coefficient (Wildman–Crippen LogP) is 1.52. The second-order valence-electron chi connectivity index (χ2n) is 5.98. The first-order valence-corrected chi connectivity index (χ1v) is 6.97. The number of aliphatic imine (C=N–C) groups is 1. The number of nitrogens with two attached hydrogens (primary N) is 1.